The second-order valence-corrected chi connectivity index (χ2v) is 3.06. The second-order valence-electron chi connectivity index (χ2n) is 3.06. The first-order valence-electron chi connectivity index (χ1n) is 3.83. The van der Waals surface area contributed by atoms with E-state index in [-0.39, 0.29) is 12.0 Å². The van der Waals surface area contributed by atoms with Gasteiger partial charge in [-0.1, -0.05) is 12.2 Å². The number of nitrogens with one attached hydrogen (secondary N) is 1. The van der Waals surface area contributed by atoms with Crippen molar-refractivity contribution in [3.8, 4) is 0 Å². The predicted molar refractivity (Wildman–Crippen MR) is 40.0 cm³/mol. The topological polar surface area (TPSA) is 38.3 Å². The van der Waals surface area contributed by atoms with Gasteiger partial charge in [-0.2, -0.15) is 0 Å². The highest BCUT2D eigenvalue weighted by atomic mass is 16.5. The van der Waals surface area contributed by atoms with Gasteiger partial charge in [0.1, 0.15) is 6.04 Å². The van der Waals surface area contributed by atoms with Gasteiger partial charge in [-0.05, 0) is 6.42 Å². The van der Waals surface area contributed by atoms with E-state index in [1.807, 2.05) is 0 Å². The highest BCUT2D eigenvalue weighted by molar-refractivity contribution is 5.77. The first-order chi connectivity index (χ1) is 5.31. The number of hydrogen-bond donors (Lipinski definition) is 1. The largest absolute Gasteiger partial charge is 0.468 e. The molecule has 0 aromatic heterocycles. The minimum Gasteiger partial charge on any atom is -0.468 e. The Hall–Kier alpha value is -0.830. The minimum absolute atomic E-state index is 0.0880. The zero-order valence-electron chi connectivity index (χ0n) is 6.41. The number of carbonyl (C=O) groups excluding carboxylic acids is 1. The lowest BCUT2D eigenvalue weighted by Crippen LogP contribution is -2.40. The van der Waals surface area contributed by atoms with Crippen LogP contribution in [-0.4, -0.2) is 25.2 Å². The summed E-state index contributed by atoms with van der Waals surface area (Å²) in [4.78, 5) is 11.1. The molecule has 0 radical (unpaired) electrons. The van der Waals surface area contributed by atoms with Gasteiger partial charge in [-0.25, -0.2) is 0 Å². The lowest BCUT2D eigenvalue weighted by molar-refractivity contribution is -0.143. The molecule has 0 saturated carbocycles. The molecule has 2 bridgehead atoms. The highest BCUT2D eigenvalue weighted by Crippen LogP contribution is 2.29. The van der Waals surface area contributed by atoms with Gasteiger partial charge in [0.15, 0.2) is 0 Å². The molecule has 3 heteroatoms. The van der Waals surface area contributed by atoms with E-state index in [0.29, 0.717) is 12.0 Å². The fraction of sp³-hybridized carbons (Fsp3) is 0.625. The van der Waals surface area contributed by atoms with Gasteiger partial charge >= 0.3 is 5.97 Å². The third kappa shape index (κ3) is 0.959. The molecule has 0 amide bonds. The monoisotopic (exact) mass is 153 g/mol. The molecule has 0 aromatic rings. The maximum atomic E-state index is 11.1. The number of methoxy groups -OCH3 is 1. The smallest absolute Gasteiger partial charge is 0.323 e. The van der Waals surface area contributed by atoms with Crippen LogP contribution in [0.2, 0.25) is 0 Å². The Morgan fingerprint density at radius 2 is 2.45 bits per heavy atom. The molecule has 1 heterocycles. The molecule has 2 aliphatic rings. The Morgan fingerprint density at radius 3 is 2.91 bits per heavy atom. The molecule has 1 aliphatic carbocycles. The molecule has 1 fully saturated rings. The van der Waals surface area contributed by atoms with Gasteiger partial charge in [0.05, 0.1) is 7.11 Å². The van der Waals surface area contributed by atoms with Gasteiger partial charge < -0.3 is 4.74 Å². The summed E-state index contributed by atoms with van der Waals surface area (Å²) in [6, 6.07) is 0.319. The Bertz CT molecular complexity index is 212. The van der Waals surface area contributed by atoms with Crippen LogP contribution in [-0.2, 0) is 9.53 Å². The second kappa shape index (κ2) is 2.34. The van der Waals surface area contributed by atoms with Crippen LogP contribution in [0.5, 0.6) is 0 Å². The quantitative estimate of drug-likeness (QED) is 0.428. The number of hydrogen-bond acceptors (Lipinski definition) is 3. The third-order valence-electron chi connectivity index (χ3n) is 2.39. The molecule has 2 rings (SSSR count). The summed E-state index contributed by atoms with van der Waals surface area (Å²) in [5.41, 5.74) is 0. The van der Waals surface area contributed by atoms with Crippen LogP contribution in [0.25, 0.3) is 0 Å². The van der Waals surface area contributed by atoms with Crippen LogP contribution >= 0.6 is 0 Å². The van der Waals surface area contributed by atoms with E-state index in [2.05, 4.69) is 22.2 Å². The molecule has 0 aromatic carbocycles. The molecule has 3 nitrogen and oxygen atoms in total. The van der Waals surface area contributed by atoms with E-state index in [9.17, 15) is 4.79 Å². The van der Waals surface area contributed by atoms with E-state index in [0.717, 1.165) is 6.42 Å². The maximum absolute atomic E-state index is 11.1. The first-order valence-corrected chi connectivity index (χ1v) is 3.83. The molecule has 1 saturated heterocycles. The van der Waals surface area contributed by atoms with E-state index >= 15 is 0 Å². The molecule has 60 valence electrons. The lowest BCUT2D eigenvalue weighted by atomic mass is 10.0. The summed E-state index contributed by atoms with van der Waals surface area (Å²) >= 11 is 0. The van der Waals surface area contributed by atoms with Gasteiger partial charge in [0.25, 0.3) is 0 Å². The van der Waals surface area contributed by atoms with Crippen LogP contribution in [0.1, 0.15) is 6.42 Å². The van der Waals surface area contributed by atoms with Crippen molar-refractivity contribution < 1.29 is 9.53 Å². The highest BCUT2D eigenvalue weighted by Gasteiger charge is 2.39. The van der Waals surface area contributed by atoms with Crippen molar-refractivity contribution in [1.82, 2.24) is 5.32 Å². The number of fused-ring (bicyclic) bond motifs is 2. The van der Waals surface area contributed by atoms with Gasteiger partial charge in [0.2, 0.25) is 0 Å². The summed E-state index contributed by atoms with van der Waals surface area (Å²) in [7, 11) is 1.43. The summed E-state index contributed by atoms with van der Waals surface area (Å²) < 4.78 is 4.65. The summed E-state index contributed by atoms with van der Waals surface area (Å²) in [5.74, 6) is 0.231. The predicted octanol–water partition coefficient (Wildman–Crippen LogP) is 0.0759. The van der Waals surface area contributed by atoms with E-state index in [1.54, 1.807) is 0 Å². The van der Waals surface area contributed by atoms with Crippen molar-refractivity contribution in [2.24, 2.45) is 5.92 Å². The van der Waals surface area contributed by atoms with Crippen LogP contribution in [0.3, 0.4) is 0 Å². The Balaban J connectivity index is 2.08. The molecule has 0 unspecified atom stereocenters. The molecule has 3 atom stereocenters. The van der Waals surface area contributed by atoms with Crippen LogP contribution in [0, 0.1) is 5.92 Å². The summed E-state index contributed by atoms with van der Waals surface area (Å²) in [6.07, 6.45) is 5.27. The Labute approximate surface area is 65.4 Å². The standard InChI is InChI=1S/C8H11NO2/c1-11-8(10)7-5-2-3-6(4-5)9-7/h2-3,5-7,9H,4H2,1H3/t5-,6+,7+/m1/s1. The van der Waals surface area contributed by atoms with E-state index < -0.39 is 0 Å². The zero-order chi connectivity index (χ0) is 7.84. The van der Waals surface area contributed by atoms with Crippen molar-refractivity contribution in [2.75, 3.05) is 7.11 Å². The van der Waals surface area contributed by atoms with Crippen molar-refractivity contribution in [3.05, 3.63) is 12.2 Å². The Morgan fingerprint density at radius 1 is 1.64 bits per heavy atom. The van der Waals surface area contributed by atoms with Crippen molar-refractivity contribution >= 4 is 5.97 Å². The number of carbonyl (C=O) groups is 1. The van der Waals surface area contributed by atoms with Crippen LogP contribution < -0.4 is 5.32 Å². The maximum Gasteiger partial charge on any atom is 0.323 e. The number of rotatable bonds is 1. The van der Waals surface area contributed by atoms with Crippen molar-refractivity contribution in [1.29, 1.82) is 0 Å². The minimum atomic E-state index is -0.137. The zero-order valence-corrected chi connectivity index (χ0v) is 6.41. The first kappa shape index (κ1) is 6.85. The summed E-state index contributed by atoms with van der Waals surface area (Å²) in [5, 5.41) is 3.18. The van der Waals surface area contributed by atoms with Crippen LogP contribution in [0.15, 0.2) is 12.2 Å². The van der Waals surface area contributed by atoms with Crippen LogP contribution in [0.4, 0.5) is 0 Å². The normalized spacial score (nSPS) is 39.5. The van der Waals surface area contributed by atoms with Gasteiger partial charge in [0, 0.05) is 12.0 Å². The third-order valence-corrected chi connectivity index (χ3v) is 2.39. The van der Waals surface area contributed by atoms with E-state index in [1.165, 1.54) is 7.11 Å². The number of ether oxygens (including phenoxy) is 1. The van der Waals surface area contributed by atoms with E-state index in [4.69, 9.17) is 0 Å². The fourth-order valence-electron chi connectivity index (χ4n) is 1.82. The van der Waals surface area contributed by atoms with Crippen molar-refractivity contribution in [3.63, 3.8) is 0 Å². The summed E-state index contributed by atoms with van der Waals surface area (Å²) in [6.45, 7) is 0. The average molecular weight is 153 g/mol. The molecule has 0 spiro atoms. The molecule has 1 aliphatic heterocycles. The molecular weight excluding hydrogens is 142 g/mol. The lowest BCUT2D eigenvalue weighted by Gasteiger charge is -2.15. The van der Waals surface area contributed by atoms with Gasteiger partial charge in [-0.15, -0.1) is 0 Å². The number of esters is 1. The average Bonchev–Trinajstić information content (AvgIpc) is 2.62. The van der Waals surface area contributed by atoms with Gasteiger partial charge in [-0.3, -0.25) is 10.1 Å². The molecule has 11 heavy (non-hydrogen) atoms. The van der Waals surface area contributed by atoms with Crippen molar-refractivity contribution in [2.45, 2.75) is 18.5 Å². The molecular formula is C8H11NO2. The fourth-order valence-corrected chi connectivity index (χ4v) is 1.82. The SMILES string of the molecule is COC(=O)[C@H]1N[C@H]2C=C[C@@H]1C2. The Kier molecular flexibility index (Phi) is 1.46. The molecule has 1 N–H and O–H groups in total.